The molecule has 0 bridgehead atoms. The minimum absolute atomic E-state index is 0.107. The molecular weight excluding hydrogens is 1390 g/mol. The third kappa shape index (κ3) is 81.9. The zero-order valence-corrected chi connectivity index (χ0v) is 72.4. The van der Waals surface area contributed by atoms with Gasteiger partial charge in [0.2, 0.25) is 0 Å². The summed E-state index contributed by atoms with van der Waals surface area (Å²) < 4.78 is 69.0. The lowest BCUT2D eigenvalue weighted by Gasteiger charge is -2.21. The highest BCUT2D eigenvalue weighted by atomic mass is 31.2. The van der Waals surface area contributed by atoms with Gasteiger partial charge in [-0.25, -0.2) is 9.13 Å². The van der Waals surface area contributed by atoms with E-state index in [9.17, 15) is 43.2 Å². The van der Waals surface area contributed by atoms with Crippen LogP contribution < -0.4 is 0 Å². The van der Waals surface area contributed by atoms with Gasteiger partial charge in [-0.15, -0.1) is 0 Å². The quantitative estimate of drug-likeness (QED) is 0.0222. The maximum absolute atomic E-state index is 13.2. The smallest absolute Gasteiger partial charge is 0.462 e. The molecule has 0 saturated carbocycles. The average Bonchev–Trinajstić information content (AvgIpc) is 0.903. The van der Waals surface area contributed by atoms with E-state index < -0.39 is 97.5 Å². The van der Waals surface area contributed by atoms with Crippen molar-refractivity contribution < 1.29 is 80.2 Å². The van der Waals surface area contributed by atoms with Gasteiger partial charge in [-0.3, -0.25) is 37.3 Å². The van der Waals surface area contributed by atoms with Crippen molar-refractivity contribution in [3.05, 3.63) is 0 Å². The first-order valence-corrected chi connectivity index (χ1v) is 48.3. The molecule has 0 aromatic rings. The lowest BCUT2D eigenvalue weighted by Crippen LogP contribution is -2.30. The minimum Gasteiger partial charge on any atom is -0.462 e. The van der Waals surface area contributed by atoms with Crippen molar-refractivity contribution >= 4 is 39.5 Å². The molecule has 0 spiro atoms. The molecule has 0 aliphatic rings. The van der Waals surface area contributed by atoms with E-state index in [0.29, 0.717) is 25.7 Å². The highest BCUT2D eigenvalue weighted by Crippen LogP contribution is 2.45. The molecule has 0 aliphatic heterocycles. The van der Waals surface area contributed by atoms with Crippen LogP contribution in [0.2, 0.25) is 0 Å². The Morgan fingerprint density at radius 3 is 0.636 bits per heavy atom. The molecule has 19 heteroatoms. The predicted octanol–water partition coefficient (Wildman–Crippen LogP) is 26.9. The molecule has 0 amide bonds. The lowest BCUT2D eigenvalue weighted by atomic mass is 10.0. The van der Waals surface area contributed by atoms with Gasteiger partial charge >= 0.3 is 39.5 Å². The Balaban J connectivity index is 5.23. The van der Waals surface area contributed by atoms with E-state index in [1.165, 1.54) is 276 Å². The summed E-state index contributed by atoms with van der Waals surface area (Å²) in [5.41, 5.74) is 0. The molecule has 17 nitrogen and oxygen atoms in total. The Labute approximate surface area is 658 Å². The molecule has 107 heavy (non-hydrogen) atoms. The summed E-state index contributed by atoms with van der Waals surface area (Å²) >= 11 is 0. The number of carbonyl (C=O) groups excluding carboxylic acids is 4. The van der Waals surface area contributed by atoms with Crippen LogP contribution in [0.4, 0.5) is 0 Å². The summed E-state index contributed by atoms with van der Waals surface area (Å²) in [7, 11) is -9.93. The SMILES string of the molecule is CCCCCCCCCCCCCCCCCCCCCCCCC(=O)O[C@H](COC(=O)CCCCCCCCCCCCCCCCCC(C)C)COP(=O)(O)OC[C@@H](O)COP(=O)(O)OC[C@@H](COC(=O)CCCCCCCCCCC(C)C)OC(=O)CCCCCCCCCCCCCCCC(C)C. The molecule has 0 aromatic carbocycles. The standard InChI is InChI=1S/C88H172O17P2/c1-8-9-10-11-12-13-14-15-16-17-18-19-20-21-22-25-31-36-41-50-57-64-71-87(92)104-83(75-98-85(90)69-62-55-48-40-35-30-26-23-24-28-33-38-45-52-59-66-79(2)3)77-102-106(94,95)100-73-82(89)74-101-107(96,97)103-78-84(76-99-86(91)70-63-56-49-44-43-47-54-61-68-81(6)7)105-88(93)72-65-58-51-42-37-32-27-29-34-39-46-53-60-67-80(4)5/h79-84,89H,8-78H2,1-7H3,(H,94,95)(H,96,97)/t82-,83-,84-/m1/s1. The monoisotopic (exact) mass is 1560 g/mol. The van der Waals surface area contributed by atoms with Gasteiger partial charge in [-0.1, -0.05) is 414 Å². The van der Waals surface area contributed by atoms with Gasteiger partial charge in [0.25, 0.3) is 0 Å². The normalized spacial score (nSPS) is 13.8. The van der Waals surface area contributed by atoms with E-state index in [0.717, 1.165) is 108 Å². The third-order valence-electron chi connectivity index (χ3n) is 20.6. The van der Waals surface area contributed by atoms with Crippen LogP contribution in [0.25, 0.3) is 0 Å². The number of hydrogen-bond donors (Lipinski definition) is 3. The minimum atomic E-state index is -4.97. The van der Waals surface area contributed by atoms with Gasteiger partial charge in [-0.2, -0.15) is 0 Å². The largest absolute Gasteiger partial charge is 0.472 e. The topological polar surface area (TPSA) is 237 Å². The number of phosphoric ester groups is 2. The second-order valence-electron chi connectivity index (χ2n) is 33.1. The number of aliphatic hydroxyl groups is 1. The highest BCUT2D eigenvalue weighted by Gasteiger charge is 2.31. The Bertz CT molecular complexity index is 2060. The first-order valence-electron chi connectivity index (χ1n) is 45.3. The predicted molar refractivity (Wildman–Crippen MR) is 441 cm³/mol. The summed E-state index contributed by atoms with van der Waals surface area (Å²) in [5, 5.41) is 10.7. The number of phosphoric acid groups is 2. The number of ether oxygens (including phenoxy) is 4. The summed E-state index contributed by atoms with van der Waals surface area (Å²) in [6.07, 6.45) is 69.6. The van der Waals surface area contributed by atoms with Gasteiger partial charge in [-0.05, 0) is 43.4 Å². The summed E-state index contributed by atoms with van der Waals surface area (Å²) in [6.45, 7) is 12.0. The Morgan fingerprint density at radius 2 is 0.430 bits per heavy atom. The molecule has 0 fully saturated rings. The summed E-state index contributed by atoms with van der Waals surface area (Å²) in [5.74, 6) is 0.215. The van der Waals surface area contributed by atoms with Crippen LogP contribution in [-0.2, 0) is 65.4 Å². The van der Waals surface area contributed by atoms with Crippen molar-refractivity contribution in [2.75, 3.05) is 39.6 Å². The molecule has 0 radical (unpaired) electrons. The maximum atomic E-state index is 13.2. The molecule has 0 rings (SSSR count). The van der Waals surface area contributed by atoms with Crippen molar-refractivity contribution in [2.24, 2.45) is 17.8 Å². The Kier molecular flexibility index (Phi) is 76.6. The van der Waals surface area contributed by atoms with E-state index in [-0.39, 0.29) is 25.7 Å². The van der Waals surface area contributed by atoms with Crippen molar-refractivity contribution in [2.45, 2.75) is 484 Å². The van der Waals surface area contributed by atoms with Crippen LogP contribution in [0.15, 0.2) is 0 Å². The van der Waals surface area contributed by atoms with Crippen LogP contribution in [-0.4, -0.2) is 96.7 Å². The number of aliphatic hydroxyl groups excluding tert-OH is 1. The van der Waals surface area contributed by atoms with E-state index in [4.69, 9.17) is 37.0 Å². The van der Waals surface area contributed by atoms with Crippen molar-refractivity contribution in [3.63, 3.8) is 0 Å². The lowest BCUT2D eigenvalue weighted by molar-refractivity contribution is -0.161. The maximum Gasteiger partial charge on any atom is 0.472 e. The van der Waals surface area contributed by atoms with Crippen LogP contribution in [0, 0.1) is 17.8 Å². The van der Waals surface area contributed by atoms with Gasteiger partial charge in [0, 0.05) is 25.7 Å². The molecule has 0 heterocycles. The number of carbonyl (C=O) groups is 4. The molecule has 3 N–H and O–H groups in total. The van der Waals surface area contributed by atoms with Gasteiger partial charge in [0.05, 0.1) is 26.4 Å². The Hall–Kier alpha value is -1.94. The fourth-order valence-corrected chi connectivity index (χ4v) is 15.3. The molecular formula is C88H172O17P2. The molecule has 636 valence electrons. The number of esters is 4. The number of unbranched alkanes of at least 4 members (excludes halogenated alkanes) is 54. The second kappa shape index (κ2) is 78.0. The highest BCUT2D eigenvalue weighted by molar-refractivity contribution is 7.47. The fourth-order valence-electron chi connectivity index (χ4n) is 13.7. The van der Waals surface area contributed by atoms with E-state index in [1.54, 1.807) is 0 Å². The van der Waals surface area contributed by atoms with Gasteiger partial charge < -0.3 is 33.8 Å². The average molecular weight is 1560 g/mol. The van der Waals surface area contributed by atoms with Crippen molar-refractivity contribution in [3.8, 4) is 0 Å². The van der Waals surface area contributed by atoms with Crippen molar-refractivity contribution in [1.29, 1.82) is 0 Å². The van der Waals surface area contributed by atoms with E-state index in [1.807, 2.05) is 0 Å². The van der Waals surface area contributed by atoms with E-state index in [2.05, 4.69) is 48.5 Å². The number of rotatable bonds is 86. The molecule has 5 atom stereocenters. The van der Waals surface area contributed by atoms with Crippen LogP contribution >= 0.6 is 15.6 Å². The fraction of sp³-hybridized carbons (Fsp3) is 0.955. The number of hydrogen-bond acceptors (Lipinski definition) is 15. The summed E-state index contributed by atoms with van der Waals surface area (Å²) in [4.78, 5) is 73.3. The van der Waals surface area contributed by atoms with Crippen LogP contribution in [0.3, 0.4) is 0 Å². The van der Waals surface area contributed by atoms with E-state index >= 15 is 0 Å². The summed E-state index contributed by atoms with van der Waals surface area (Å²) in [6, 6.07) is 0. The second-order valence-corrected chi connectivity index (χ2v) is 36.0. The van der Waals surface area contributed by atoms with Crippen LogP contribution in [0.5, 0.6) is 0 Å². The molecule has 0 aliphatic carbocycles. The van der Waals surface area contributed by atoms with Gasteiger partial charge in [0.1, 0.15) is 19.3 Å². The molecule has 0 saturated heterocycles. The molecule has 2 unspecified atom stereocenters. The third-order valence-corrected chi connectivity index (χ3v) is 22.5. The zero-order valence-electron chi connectivity index (χ0n) is 70.6. The van der Waals surface area contributed by atoms with Crippen LogP contribution in [0.1, 0.15) is 466 Å². The first kappa shape index (κ1) is 105. The first-order chi connectivity index (χ1) is 51.7. The molecule has 0 aromatic heterocycles. The Morgan fingerprint density at radius 1 is 0.252 bits per heavy atom. The van der Waals surface area contributed by atoms with Gasteiger partial charge in [0.15, 0.2) is 12.2 Å². The van der Waals surface area contributed by atoms with Crippen molar-refractivity contribution in [1.82, 2.24) is 0 Å². The zero-order chi connectivity index (χ0) is 78.6.